The van der Waals surface area contributed by atoms with Crippen LogP contribution in [-0.4, -0.2) is 17.1 Å². The van der Waals surface area contributed by atoms with Crippen LogP contribution in [0.2, 0.25) is 0 Å². The number of halogens is 1. The molecule has 25 heavy (non-hydrogen) atoms. The lowest BCUT2D eigenvalue weighted by Gasteiger charge is -2.08. The summed E-state index contributed by atoms with van der Waals surface area (Å²) < 4.78 is 8.06. The van der Waals surface area contributed by atoms with Gasteiger partial charge in [0.05, 0.1) is 12.2 Å². The highest BCUT2D eigenvalue weighted by Gasteiger charge is 2.11. The number of amides is 1. The molecule has 6 heteroatoms. The molecule has 1 aromatic heterocycles. The van der Waals surface area contributed by atoms with Gasteiger partial charge in [0.2, 0.25) is 5.91 Å². The summed E-state index contributed by atoms with van der Waals surface area (Å²) in [6, 6.07) is 15.1. The number of nitrogens with zero attached hydrogens (tertiary/aromatic N) is 2. The summed E-state index contributed by atoms with van der Waals surface area (Å²) >= 11 is 3.41. The lowest BCUT2D eigenvalue weighted by molar-refractivity contribution is -0.116. The Balaban J connectivity index is 1.77. The van der Waals surface area contributed by atoms with Crippen molar-refractivity contribution in [3.05, 3.63) is 58.7 Å². The van der Waals surface area contributed by atoms with Crippen molar-refractivity contribution < 1.29 is 9.53 Å². The van der Waals surface area contributed by atoms with Gasteiger partial charge in [-0.05, 0) is 49.4 Å². The molecule has 0 fully saturated rings. The molecule has 5 nitrogen and oxygen atoms in total. The van der Waals surface area contributed by atoms with E-state index in [0.29, 0.717) is 17.9 Å². The Hall–Kier alpha value is -2.78. The minimum Gasteiger partial charge on any atom is -0.494 e. The summed E-state index contributed by atoms with van der Waals surface area (Å²) in [5.74, 6) is 0.606. The Morgan fingerprint density at radius 3 is 2.72 bits per heavy atom. The summed E-state index contributed by atoms with van der Waals surface area (Å²) in [6.45, 7) is 2.65. The third-order valence-electron chi connectivity index (χ3n) is 3.73. The van der Waals surface area contributed by atoms with Crippen LogP contribution in [0.15, 0.2) is 53.1 Å². The van der Waals surface area contributed by atoms with E-state index in [1.165, 1.54) is 0 Å². The fourth-order valence-corrected chi connectivity index (χ4v) is 3.01. The molecule has 3 rings (SSSR count). The van der Waals surface area contributed by atoms with Crippen LogP contribution in [0.5, 0.6) is 5.75 Å². The third kappa shape index (κ3) is 3.83. The molecule has 0 radical (unpaired) electrons. The zero-order valence-corrected chi connectivity index (χ0v) is 15.2. The fraction of sp³-hybridized carbons (Fsp3) is 0.158. The number of rotatable bonds is 5. The van der Waals surface area contributed by atoms with Crippen LogP contribution >= 0.6 is 15.9 Å². The highest BCUT2D eigenvalue weighted by atomic mass is 79.9. The second-order valence-electron chi connectivity index (χ2n) is 5.45. The molecule has 0 aliphatic carbocycles. The van der Waals surface area contributed by atoms with Crippen molar-refractivity contribution >= 4 is 38.4 Å². The number of carbonyl (C=O) groups is 1. The number of anilines is 1. The number of ether oxygens (including phenoxy) is 1. The molecule has 0 saturated heterocycles. The normalized spacial score (nSPS) is 10.4. The van der Waals surface area contributed by atoms with Crippen LogP contribution in [0.3, 0.4) is 0 Å². The molecule has 0 bridgehead atoms. The maximum atomic E-state index is 12.3. The molecule has 1 heterocycles. The second kappa shape index (κ2) is 7.41. The van der Waals surface area contributed by atoms with Crippen molar-refractivity contribution in [3.63, 3.8) is 0 Å². The van der Waals surface area contributed by atoms with Crippen LogP contribution in [0.1, 0.15) is 12.5 Å². The van der Waals surface area contributed by atoms with Crippen LogP contribution in [0, 0.1) is 11.3 Å². The van der Waals surface area contributed by atoms with Gasteiger partial charge in [-0.3, -0.25) is 4.79 Å². The van der Waals surface area contributed by atoms with E-state index in [2.05, 4.69) is 27.3 Å². The topological polar surface area (TPSA) is 67.0 Å². The first-order valence-electron chi connectivity index (χ1n) is 7.82. The highest BCUT2D eigenvalue weighted by Crippen LogP contribution is 2.25. The first-order valence-corrected chi connectivity index (χ1v) is 8.61. The van der Waals surface area contributed by atoms with Crippen molar-refractivity contribution in [1.82, 2.24) is 4.57 Å². The zero-order valence-electron chi connectivity index (χ0n) is 13.6. The van der Waals surface area contributed by atoms with Gasteiger partial charge in [-0.25, -0.2) is 0 Å². The molecule has 0 spiro atoms. The first-order chi connectivity index (χ1) is 12.1. The van der Waals surface area contributed by atoms with E-state index in [0.717, 1.165) is 21.1 Å². The second-order valence-corrected chi connectivity index (χ2v) is 6.37. The van der Waals surface area contributed by atoms with E-state index >= 15 is 0 Å². The van der Waals surface area contributed by atoms with Gasteiger partial charge >= 0.3 is 0 Å². The van der Waals surface area contributed by atoms with Gasteiger partial charge in [0.1, 0.15) is 18.4 Å². The Morgan fingerprint density at radius 2 is 2.04 bits per heavy atom. The molecule has 1 N–H and O–H groups in total. The van der Waals surface area contributed by atoms with Crippen molar-refractivity contribution in [2.24, 2.45) is 0 Å². The maximum absolute atomic E-state index is 12.3. The summed E-state index contributed by atoms with van der Waals surface area (Å²) in [4.78, 5) is 12.3. The van der Waals surface area contributed by atoms with Crippen molar-refractivity contribution in [2.75, 3.05) is 11.9 Å². The van der Waals surface area contributed by atoms with Crippen molar-refractivity contribution in [1.29, 1.82) is 5.26 Å². The summed E-state index contributed by atoms with van der Waals surface area (Å²) in [5.41, 5.74) is 2.10. The standard InChI is InChI=1S/C19H16BrN3O2/c1-2-25-16-6-4-15(5-7-16)22-19(24)12-23-11-13(10-21)17-9-14(20)3-8-18(17)23/h3-9,11H,2,12H2,1H3,(H,22,24). The molecule has 126 valence electrons. The Morgan fingerprint density at radius 1 is 1.28 bits per heavy atom. The highest BCUT2D eigenvalue weighted by molar-refractivity contribution is 9.10. The van der Waals surface area contributed by atoms with E-state index in [4.69, 9.17) is 4.74 Å². The molecular formula is C19H16BrN3O2. The number of aromatic nitrogens is 1. The Kier molecular flexibility index (Phi) is 5.05. The van der Waals surface area contributed by atoms with Crippen molar-refractivity contribution in [3.8, 4) is 11.8 Å². The number of hydrogen-bond acceptors (Lipinski definition) is 3. The quantitative estimate of drug-likeness (QED) is 0.697. The van der Waals surface area contributed by atoms with Crippen LogP contribution in [-0.2, 0) is 11.3 Å². The number of nitrogens with one attached hydrogen (secondary N) is 1. The van der Waals surface area contributed by atoms with Gasteiger partial charge in [-0.1, -0.05) is 15.9 Å². The minimum absolute atomic E-state index is 0.132. The van der Waals surface area contributed by atoms with E-state index in [1.54, 1.807) is 22.9 Å². The smallest absolute Gasteiger partial charge is 0.244 e. The molecule has 1 amide bonds. The minimum atomic E-state index is -0.159. The summed E-state index contributed by atoms with van der Waals surface area (Å²) in [7, 11) is 0. The van der Waals surface area contributed by atoms with Crippen LogP contribution < -0.4 is 10.1 Å². The van der Waals surface area contributed by atoms with E-state index in [1.807, 2.05) is 37.3 Å². The lowest BCUT2D eigenvalue weighted by atomic mass is 10.2. The summed E-state index contributed by atoms with van der Waals surface area (Å²) in [6.07, 6.45) is 1.70. The molecule has 2 aromatic carbocycles. The number of fused-ring (bicyclic) bond motifs is 1. The number of hydrogen-bond donors (Lipinski definition) is 1. The van der Waals surface area contributed by atoms with Gasteiger partial charge in [0.15, 0.2) is 0 Å². The number of carbonyl (C=O) groups excluding carboxylic acids is 1. The first kappa shape index (κ1) is 17.1. The maximum Gasteiger partial charge on any atom is 0.244 e. The molecular weight excluding hydrogens is 382 g/mol. The molecule has 0 aliphatic rings. The van der Waals surface area contributed by atoms with E-state index in [-0.39, 0.29) is 12.5 Å². The molecule has 0 saturated carbocycles. The van der Waals surface area contributed by atoms with Gasteiger partial charge in [0, 0.05) is 27.3 Å². The number of benzene rings is 2. The zero-order chi connectivity index (χ0) is 17.8. The predicted octanol–water partition coefficient (Wildman–Crippen LogP) is 4.31. The van der Waals surface area contributed by atoms with Gasteiger partial charge in [-0.2, -0.15) is 5.26 Å². The number of nitriles is 1. The molecule has 0 aliphatic heterocycles. The Bertz CT molecular complexity index is 955. The molecule has 0 unspecified atom stereocenters. The van der Waals surface area contributed by atoms with Gasteiger partial charge in [0.25, 0.3) is 0 Å². The van der Waals surface area contributed by atoms with Crippen LogP contribution in [0.4, 0.5) is 5.69 Å². The third-order valence-corrected chi connectivity index (χ3v) is 4.22. The van der Waals surface area contributed by atoms with E-state index in [9.17, 15) is 10.1 Å². The fourth-order valence-electron chi connectivity index (χ4n) is 2.65. The van der Waals surface area contributed by atoms with Crippen LogP contribution in [0.25, 0.3) is 10.9 Å². The predicted molar refractivity (Wildman–Crippen MR) is 101 cm³/mol. The Labute approximate surface area is 153 Å². The van der Waals surface area contributed by atoms with Crippen molar-refractivity contribution in [2.45, 2.75) is 13.5 Å². The molecule has 3 aromatic rings. The van der Waals surface area contributed by atoms with E-state index < -0.39 is 0 Å². The largest absolute Gasteiger partial charge is 0.494 e. The average molecular weight is 398 g/mol. The lowest BCUT2D eigenvalue weighted by Crippen LogP contribution is -2.18. The average Bonchev–Trinajstić information content (AvgIpc) is 2.93. The SMILES string of the molecule is CCOc1ccc(NC(=O)Cn2cc(C#N)c3cc(Br)ccc32)cc1. The van der Waals surface area contributed by atoms with Gasteiger partial charge in [-0.15, -0.1) is 0 Å². The summed E-state index contributed by atoms with van der Waals surface area (Å²) in [5, 5.41) is 13.0. The van der Waals surface area contributed by atoms with Gasteiger partial charge < -0.3 is 14.6 Å². The molecule has 0 atom stereocenters. The monoisotopic (exact) mass is 397 g/mol.